The van der Waals surface area contributed by atoms with E-state index in [1.165, 1.54) is 19.1 Å². The van der Waals surface area contributed by atoms with Gasteiger partial charge >= 0.3 is 23.9 Å². The van der Waals surface area contributed by atoms with Gasteiger partial charge in [-0.3, -0.25) is 14.6 Å². The Morgan fingerprint density at radius 1 is 0.917 bits per heavy atom. The highest BCUT2D eigenvalue weighted by molar-refractivity contribution is 6.16. The molecule has 36 heavy (non-hydrogen) atoms. The quantitative estimate of drug-likeness (QED) is 0.463. The van der Waals surface area contributed by atoms with Crippen molar-refractivity contribution in [2.24, 2.45) is 11.3 Å². The molecule has 0 N–H and O–H groups in total. The van der Waals surface area contributed by atoms with Crippen LogP contribution in [0.25, 0.3) is 17.0 Å². The Hall–Kier alpha value is -4.21. The Morgan fingerprint density at radius 2 is 1.61 bits per heavy atom. The third-order valence-electron chi connectivity index (χ3n) is 7.50. The lowest BCUT2D eigenvalue weighted by Gasteiger charge is -2.59. The van der Waals surface area contributed by atoms with Crippen molar-refractivity contribution >= 4 is 46.5 Å². The molecule has 3 unspecified atom stereocenters. The Kier molecular flexibility index (Phi) is 5.17. The molecule has 0 saturated heterocycles. The van der Waals surface area contributed by atoms with Gasteiger partial charge in [0.15, 0.2) is 5.54 Å². The van der Waals surface area contributed by atoms with E-state index in [1.54, 1.807) is 12.2 Å². The lowest BCUT2D eigenvalue weighted by Crippen LogP contribution is -2.78. The first-order valence-corrected chi connectivity index (χ1v) is 11.2. The minimum Gasteiger partial charge on any atom is -0.469 e. The summed E-state index contributed by atoms with van der Waals surface area (Å²) >= 11 is 0. The van der Waals surface area contributed by atoms with Gasteiger partial charge in [0.05, 0.1) is 56.8 Å². The zero-order chi connectivity index (χ0) is 26.0. The van der Waals surface area contributed by atoms with Crippen LogP contribution in [0.1, 0.15) is 17.7 Å². The average Bonchev–Trinajstić information content (AvgIpc) is 3.08. The van der Waals surface area contributed by atoms with E-state index in [4.69, 9.17) is 23.9 Å². The molecule has 0 amide bonds. The van der Waals surface area contributed by atoms with Crippen molar-refractivity contribution < 1.29 is 38.1 Å². The highest BCUT2D eigenvalue weighted by Crippen LogP contribution is 2.70. The lowest BCUT2D eigenvalue weighted by atomic mass is 9.46. The molecule has 1 fully saturated rings. The number of esters is 4. The van der Waals surface area contributed by atoms with Crippen LogP contribution in [-0.4, -0.2) is 62.8 Å². The molecule has 10 heteroatoms. The van der Waals surface area contributed by atoms with Gasteiger partial charge in [-0.2, -0.15) is 0 Å². The summed E-state index contributed by atoms with van der Waals surface area (Å²) in [6, 6.07) is 7.46. The molecule has 3 atom stereocenters. The second kappa shape index (κ2) is 7.91. The molecule has 186 valence electrons. The first-order valence-electron chi connectivity index (χ1n) is 11.2. The fourth-order valence-electron chi connectivity index (χ4n) is 6.07. The Labute approximate surface area is 206 Å². The van der Waals surface area contributed by atoms with E-state index in [2.05, 4.69) is 0 Å². The van der Waals surface area contributed by atoms with Gasteiger partial charge in [0.25, 0.3) is 0 Å². The highest BCUT2D eigenvalue weighted by atomic mass is 16.5. The number of allylic oxidation sites excluding steroid dienone is 1. The topological polar surface area (TPSA) is 121 Å². The van der Waals surface area contributed by atoms with Crippen molar-refractivity contribution in [2.75, 3.05) is 33.3 Å². The Balaban J connectivity index is 1.97. The second-order valence-electron chi connectivity index (χ2n) is 8.88. The van der Waals surface area contributed by atoms with E-state index in [1.807, 2.05) is 31.2 Å². The molecular weight excluding hydrogens is 468 g/mol. The van der Waals surface area contributed by atoms with Crippen LogP contribution in [0.4, 0.5) is 5.69 Å². The molecule has 0 bridgehead atoms. The van der Waals surface area contributed by atoms with Crippen LogP contribution in [0.5, 0.6) is 0 Å². The monoisotopic (exact) mass is 492 g/mol. The van der Waals surface area contributed by atoms with Crippen LogP contribution < -0.4 is 4.90 Å². The van der Waals surface area contributed by atoms with Crippen molar-refractivity contribution in [1.82, 2.24) is 4.98 Å². The van der Waals surface area contributed by atoms with Gasteiger partial charge in [0.2, 0.25) is 0 Å². The van der Waals surface area contributed by atoms with E-state index in [0.717, 1.165) is 19.6 Å². The first-order chi connectivity index (χ1) is 17.2. The van der Waals surface area contributed by atoms with Gasteiger partial charge in [-0.15, -0.1) is 0 Å². The zero-order valence-electron chi connectivity index (χ0n) is 20.4. The van der Waals surface area contributed by atoms with Crippen molar-refractivity contribution in [3.8, 4) is 0 Å². The normalized spacial score (nSPS) is 25.4. The number of nitrogens with zero attached hydrogens (tertiary/aromatic N) is 2. The summed E-state index contributed by atoms with van der Waals surface area (Å²) in [5.41, 5.74) is -1.39. The number of aryl methyl sites for hydroxylation is 1. The standard InChI is InChI=1S/C26H24N2O8/c1-13-6-7-14-8-9-15-10-11-17-18(22(30)34-3)25(23(31)35-4)12-16(21(29)33-2)26(25,24(32)36-5)28(17)20(15)19(14)27-13/h6-11,16H,12H2,1-5H3. The van der Waals surface area contributed by atoms with Crippen molar-refractivity contribution in [3.05, 3.63) is 52.9 Å². The zero-order valence-corrected chi connectivity index (χ0v) is 20.4. The number of hydrogen-bond donors (Lipinski definition) is 0. The molecule has 3 aliphatic rings. The van der Waals surface area contributed by atoms with Crippen LogP contribution in [0.15, 0.2) is 41.6 Å². The largest absolute Gasteiger partial charge is 0.469 e. The van der Waals surface area contributed by atoms with Crippen molar-refractivity contribution in [2.45, 2.75) is 18.9 Å². The lowest BCUT2D eigenvalue weighted by molar-refractivity contribution is -0.192. The van der Waals surface area contributed by atoms with Gasteiger partial charge < -0.3 is 23.8 Å². The summed E-state index contributed by atoms with van der Waals surface area (Å²) in [4.78, 5) is 60.1. The summed E-state index contributed by atoms with van der Waals surface area (Å²) in [7, 11) is 4.69. The smallest absolute Gasteiger partial charge is 0.337 e. The predicted octanol–water partition coefficient (Wildman–Crippen LogP) is 2.08. The van der Waals surface area contributed by atoms with E-state index >= 15 is 0 Å². The van der Waals surface area contributed by atoms with Crippen molar-refractivity contribution in [3.63, 3.8) is 0 Å². The number of benzene rings is 1. The Bertz CT molecular complexity index is 1430. The molecule has 0 spiro atoms. The molecule has 0 radical (unpaired) electrons. The van der Waals surface area contributed by atoms with E-state index in [0.29, 0.717) is 22.5 Å². The SMILES string of the molecule is COC(=O)C1=C2C=Cc3ccc4ccc(C)nc4c3N2C2(C(=O)OC)C(C(=O)OC)CC12C(=O)OC. The maximum absolute atomic E-state index is 13.9. The summed E-state index contributed by atoms with van der Waals surface area (Å²) in [5, 5.41) is 0.762. The minimum atomic E-state index is -2.01. The number of pyridine rings is 1. The van der Waals surface area contributed by atoms with Crippen LogP contribution in [-0.2, 0) is 38.1 Å². The number of anilines is 1. The van der Waals surface area contributed by atoms with Crippen LogP contribution in [0.3, 0.4) is 0 Å². The molecule has 1 aromatic heterocycles. The second-order valence-corrected chi connectivity index (χ2v) is 8.88. The molecule has 1 saturated carbocycles. The van der Waals surface area contributed by atoms with E-state index < -0.39 is 40.7 Å². The fourth-order valence-corrected chi connectivity index (χ4v) is 6.07. The minimum absolute atomic E-state index is 0.0889. The first kappa shape index (κ1) is 23.5. The van der Waals surface area contributed by atoms with Crippen LogP contribution in [0, 0.1) is 18.3 Å². The third-order valence-corrected chi connectivity index (χ3v) is 7.50. The third kappa shape index (κ3) is 2.53. The van der Waals surface area contributed by atoms with E-state index in [9.17, 15) is 19.2 Å². The van der Waals surface area contributed by atoms with Crippen LogP contribution >= 0.6 is 0 Å². The molecule has 1 aliphatic carbocycles. The summed E-state index contributed by atoms with van der Waals surface area (Å²) in [5.74, 6) is -4.48. The van der Waals surface area contributed by atoms with E-state index in [-0.39, 0.29) is 17.7 Å². The number of methoxy groups -OCH3 is 4. The summed E-state index contributed by atoms with van der Waals surface area (Å²) in [6.07, 6.45) is 3.17. The van der Waals surface area contributed by atoms with Gasteiger partial charge in [-0.25, -0.2) is 9.59 Å². The predicted molar refractivity (Wildman–Crippen MR) is 126 cm³/mol. The number of carbonyl (C=O) groups is 4. The number of ether oxygens (including phenoxy) is 4. The summed E-state index contributed by atoms with van der Waals surface area (Å²) in [6.45, 7) is 1.83. The van der Waals surface area contributed by atoms with Gasteiger partial charge in [0.1, 0.15) is 5.41 Å². The number of carbonyl (C=O) groups excluding carboxylic acids is 4. The molecule has 3 heterocycles. The van der Waals surface area contributed by atoms with Gasteiger partial charge in [0, 0.05) is 16.6 Å². The van der Waals surface area contributed by atoms with Crippen molar-refractivity contribution in [1.29, 1.82) is 0 Å². The summed E-state index contributed by atoms with van der Waals surface area (Å²) < 4.78 is 20.5. The maximum atomic E-state index is 13.9. The van der Waals surface area contributed by atoms with Gasteiger partial charge in [-0.05, 0) is 25.5 Å². The number of aromatic nitrogens is 1. The fraction of sp³-hybridized carbons (Fsp3) is 0.346. The molecule has 2 aliphatic heterocycles. The van der Waals surface area contributed by atoms with Gasteiger partial charge in [-0.1, -0.05) is 24.3 Å². The molecule has 5 rings (SSSR count). The molecular formula is C26H24N2O8. The number of hydrogen-bond acceptors (Lipinski definition) is 10. The maximum Gasteiger partial charge on any atom is 0.337 e. The Morgan fingerprint density at radius 3 is 2.25 bits per heavy atom. The number of rotatable bonds is 4. The molecule has 10 nitrogen and oxygen atoms in total. The molecule has 2 aromatic rings. The average molecular weight is 492 g/mol. The highest BCUT2D eigenvalue weighted by Gasteiger charge is 2.86. The van der Waals surface area contributed by atoms with Crippen LogP contribution in [0.2, 0.25) is 0 Å². The molecule has 1 aromatic carbocycles. The number of fused-ring (bicyclic) bond motifs is 7.